The zero-order valence-corrected chi connectivity index (χ0v) is 26.3. The van der Waals surface area contributed by atoms with E-state index in [4.69, 9.17) is 4.74 Å². The van der Waals surface area contributed by atoms with Crippen LogP contribution in [0.2, 0.25) is 0 Å². The van der Waals surface area contributed by atoms with E-state index in [0.717, 1.165) is 10.9 Å². The topological polar surface area (TPSA) is 132 Å². The van der Waals surface area contributed by atoms with E-state index in [0.29, 0.717) is 52.5 Å². The monoisotopic (exact) mass is 616 g/mol. The maximum Gasteiger partial charge on any atom is 0.410 e. The Morgan fingerprint density at radius 1 is 1.25 bits per heavy atom. The molecule has 1 saturated heterocycles. The molecule has 4 heterocycles. The number of pyridine rings is 1. The Kier molecular flexibility index (Phi) is 7.36. The fraction of sp³-hybridized carbons (Fsp3) is 0.419. The second kappa shape index (κ2) is 10.9. The first kappa shape index (κ1) is 29.6. The van der Waals surface area contributed by atoms with Crippen LogP contribution in [0.25, 0.3) is 44.0 Å². The zero-order valence-electron chi connectivity index (χ0n) is 25.5. The Hall–Kier alpha value is -4.44. The number of halogens is 1. The van der Waals surface area contributed by atoms with Crippen molar-refractivity contribution < 1.29 is 18.1 Å². The van der Waals surface area contributed by atoms with E-state index in [-0.39, 0.29) is 23.0 Å². The van der Waals surface area contributed by atoms with Gasteiger partial charge in [-0.05, 0) is 63.8 Å². The van der Waals surface area contributed by atoms with Gasteiger partial charge in [-0.2, -0.15) is 10.4 Å². The molecule has 13 heteroatoms. The molecule has 1 fully saturated rings. The van der Waals surface area contributed by atoms with Gasteiger partial charge < -0.3 is 9.64 Å². The normalized spacial score (nSPS) is 18.2. The molecular formula is C31H33FN8O3S. The molecule has 5 aromatic rings. The van der Waals surface area contributed by atoms with E-state index < -0.39 is 34.4 Å². The van der Waals surface area contributed by atoms with Crippen LogP contribution in [0.3, 0.4) is 0 Å². The van der Waals surface area contributed by atoms with Gasteiger partial charge >= 0.3 is 6.09 Å². The second-order valence-corrected chi connectivity index (χ2v) is 13.6. The summed E-state index contributed by atoms with van der Waals surface area (Å²) in [6, 6.07) is 9.07. The zero-order chi connectivity index (χ0) is 31.5. The lowest BCUT2D eigenvalue weighted by atomic mass is 9.94. The van der Waals surface area contributed by atoms with Crippen LogP contribution in [0, 0.1) is 24.1 Å². The minimum atomic E-state index is -1.58. The Labute approximate surface area is 256 Å². The predicted molar refractivity (Wildman–Crippen MR) is 165 cm³/mol. The number of aromatic nitrogens is 6. The van der Waals surface area contributed by atoms with E-state index in [1.807, 2.05) is 38.2 Å². The number of nitriles is 1. The number of rotatable bonds is 4. The molecule has 6 rings (SSSR count). The number of benzene rings is 2. The number of carbonyl (C=O) groups excluding carboxylic acids is 1. The van der Waals surface area contributed by atoms with E-state index in [1.54, 1.807) is 41.2 Å². The molecule has 1 aliphatic rings. The summed E-state index contributed by atoms with van der Waals surface area (Å²) >= 11 is 0. The van der Waals surface area contributed by atoms with E-state index in [2.05, 4.69) is 26.5 Å². The molecule has 0 saturated carbocycles. The van der Waals surface area contributed by atoms with Crippen LogP contribution in [0.4, 0.5) is 9.18 Å². The summed E-state index contributed by atoms with van der Waals surface area (Å²) in [6.07, 6.45) is 3.83. The number of fused-ring (bicyclic) bond motifs is 4. The molecule has 0 N–H and O–H groups in total. The summed E-state index contributed by atoms with van der Waals surface area (Å²) < 4.78 is 38.6. The summed E-state index contributed by atoms with van der Waals surface area (Å²) in [4.78, 5) is 19.1. The minimum Gasteiger partial charge on any atom is -0.444 e. The standard InChI is InChI=1S/C31H33FN8O3S/c1-17-13-22-26(25(32)24(17)18-7-8-19-16-34-38(5)23(19)14-18)35-29(44(6)42)27-28(22)40(37-36-27)21-10-12-39(20(15-21)9-11-33)30(41)43-31(2,3)4/h7-8,13-14,16,20-21H,9-10,12,15H2,1-6H3/t20-,21+,44?/m1/s1. The molecule has 3 aromatic heterocycles. The van der Waals surface area contributed by atoms with Gasteiger partial charge in [-0.25, -0.2) is 18.9 Å². The third-order valence-corrected chi connectivity index (χ3v) is 8.93. The molecule has 0 bridgehead atoms. The van der Waals surface area contributed by atoms with Gasteiger partial charge in [-0.15, -0.1) is 5.10 Å². The maximum atomic E-state index is 16.6. The highest BCUT2D eigenvalue weighted by Gasteiger charge is 2.36. The summed E-state index contributed by atoms with van der Waals surface area (Å²) in [5.74, 6) is -0.523. The number of carbonyl (C=O) groups is 1. The van der Waals surface area contributed by atoms with Crippen LogP contribution in [-0.2, 0) is 22.6 Å². The van der Waals surface area contributed by atoms with Crippen molar-refractivity contribution in [1.29, 1.82) is 5.26 Å². The number of hydrogen-bond acceptors (Lipinski definition) is 8. The van der Waals surface area contributed by atoms with Gasteiger partial charge in [-0.1, -0.05) is 17.3 Å². The second-order valence-electron chi connectivity index (χ2n) is 12.3. The van der Waals surface area contributed by atoms with Crippen LogP contribution < -0.4 is 0 Å². The lowest BCUT2D eigenvalue weighted by Gasteiger charge is -2.39. The maximum absolute atomic E-state index is 16.6. The van der Waals surface area contributed by atoms with Crippen LogP contribution in [0.5, 0.6) is 0 Å². The van der Waals surface area contributed by atoms with Crippen molar-refractivity contribution in [3.8, 4) is 17.2 Å². The van der Waals surface area contributed by atoms with Crippen molar-refractivity contribution in [2.24, 2.45) is 7.05 Å². The molecule has 0 aliphatic carbocycles. The Morgan fingerprint density at radius 2 is 2.02 bits per heavy atom. The fourth-order valence-corrected chi connectivity index (χ4v) is 6.75. The molecule has 11 nitrogen and oxygen atoms in total. The van der Waals surface area contributed by atoms with Crippen molar-refractivity contribution in [2.75, 3.05) is 12.8 Å². The molecule has 3 atom stereocenters. The number of amides is 1. The Bertz CT molecular complexity index is 2020. The van der Waals surface area contributed by atoms with Crippen molar-refractivity contribution >= 4 is 49.7 Å². The Balaban J connectivity index is 1.49. The SMILES string of the molecule is Cc1cc2c(nc(S(C)=O)c3nnn([C@H]4CCN(C(=O)OC(C)(C)C)[C@H](CC#N)C4)c32)c(F)c1-c1ccc2cnn(C)c2c1. The van der Waals surface area contributed by atoms with E-state index in [1.165, 1.54) is 6.26 Å². The van der Waals surface area contributed by atoms with Crippen LogP contribution in [0.1, 0.15) is 51.6 Å². The number of nitrogens with zero attached hydrogens (tertiary/aromatic N) is 8. The summed E-state index contributed by atoms with van der Waals surface area (Å²) in [6.45, 7) is 7.60. The largest absolute Gasteiger partial charge is 0.444 e. The number of ether oxygens (including phenoxy) is 1. The molecular weight excluding hydrogens is 583 g/mol. The first-order valence-corrected chi connectivity index (χ1v) is 15.9. The highest BCUT2D eigenvalue weighted by Crippen LogP contribution is 2.39. The van der Waals surface area contributed by atoms with Gasteiger partial charge in [0.1, 0.15) is 22.2 Å². The third kappa shape index (κ3) is 5.06. The van der Waals surface area contributed by atoms with Crippen molar-refractivity contribution in [3.63, 3.8) is 0 Å². The van der Waals surface area contributed by atoms with Gasteiger partial charge in [-0.3, -0.25) is 8.89 Å². The van der Waals surface area contributed by atoms with Crippen molar-refractivity contribution in [1.82, 2.24) is 34.7 Å². The summed E-state index contributed by atoms with van der Waals surface area (Å²) in [5.41, 5.74) is 2.92. The van der Waals surface area contributed by atoms with Crippen LogP contribution in [0.15, 0.2) is 35.5 Å². The van der Waals surface area contributed by atoms with Crippen molar-refractivity contribution in [3.05, 3.63) is 41.8 Å². The highest BCUT2D eigenvalue weighted by molar-refractivity contribution is 7.84. The molecule has 0 spiro atoms. The van der Waals surface area contributed by atoms with E-state index >= 15 is 4.39 Å². The molecule has 0 radical (unpaired) electrons. The fourth-order valence-electron chi connectivity index (χ4n) is 6.12. The average Bonchev–Trinajstić information content (AvgIpc) is 3.56. The van der Waals surface area contributed by atoms with Gasteiger partial charge in [0.2, 0.25) is 0 Å². The number of piperidine rings is 1. The van der Waals surface area contributed by atoms with Gasteiger partial charge in [0.15, 0.2) is 10.8 Å². The smallest absolute Gasteiger partial charge is 0.410 e. The van der Waals surface area contributed by atoms with Gasteiger partial charge in [0.05, 0.1) is 47.1 Å². The average molecular weight is 617 g/mol. The molecule has 1 amide bonds. The van der Waals surface area contributed by atoms with Crippen molar-refractivity contribution in [2.45, 2.75) is 69.7 Å². The number of likely N-dealkylation sites (tertiary alicyclic amines) is 1. The van der Waals surface area contributed by atoms with E-state index in [9.17, 15) is 14.3 Å². The lowest BCUT2D eigenvalue weighted by molar-refractivity contribution is 0.00557. The van der Waals surface area contributed by atoms with Gasteiger partial charge in [0, 0.05) is 36.2 Å². The number of hydrogen-bond donors (Lipinski definition) is 0. The quantitative estimate of drug-likeness (QED) is 0.256. The minimum absolute atomic E-state index is 0.0803. The molecule has 1 aliphatic heterocycles. The Morgan fingerprint density at radius 3 is 2.73 bits per heavy atom. The molecule has 2 aromatic carbocycles. The third-order valence-electron chi connectivity index (χ3n) is 8.10. The molecule has 1 unspecified atom stereocenters. The highest BCUT2D eigenvalue weighted by atomic mass is 32.2. The lowest BCUT2D eigenvalue weighted by Crippen LogP contribution is -2.48. The first-order chi connectivity index (χ1) is 20.9. The number of aryl methyl sites for hydroxylation is 2. The molecule has 44 heavy (non-hydrogen) atoms. The molecule has 228 valence electrons. The van der Waals surface area contributed by atoms with Crippen LogP contribution in [-0.4, -0.2) is 69.4 Å². The predicted octanol–water partition coefficient (Wildman–Crippen LogP) is 5.57. The first-order valence-electron chi connectivity index (χ1n) is 14.4. The van der Waals surface area contributed by atoms with Crippen LogP contribution >= 0.6 is 0 Å². The summed E-state index contributed by atoms with van der Waals surface area (Å²) in [7, 11) is 0.256. The van der Waals surface area contributed by atoms with Gasteiger partial charge in [0.25, 0.3) is 0 Å². The summed E-state index contributed by atoms with van der Waals surface area (Å²) in [5, 5.41) is 24.3.